The summed E-state index contributed by atoms with van der Waals surface area (Å²) in [6, 6.07) is 17.9. The zero-order chi connectivity index (χ0) is 20.4. The van der Waals surface area contributed by atoms with E-state index in [1.54, 1.807) is 0 Å². The molecule has 0 unspecified atom stereocenters. The van der Waals surface area contributed by atoms with E-state index in [0.717, 1.165) is 35.4 Å². The van der Waals surface area contributed by atoms with Gasteiger partial charge in [0.05, 0.1) is 18.6 Å². The SMILES string of the molecule is C[C@H]1CC[C@H]2[C@H](C1)O[C@H](c1ccccc1Cl)C[C@]2(C)NC(=O)Cc1ccccc1. The molecule has 29 heavy (non-hydrogen) atoms. The maximum atomic E-state index is 13.0. The second-order valence-corrected chi connectivity index (χ2v) is 9.45. The van der Waals surface area contributed by atoms with E-state index in [4.69, 9.17) is 16.3 Å². The van der Waals surface area contributed by atoms with E-state index in [9.17, 15) is 4.79 Å². The lowest BCUT2D eigenvalue weighted by molar-refractivity contribution is -0.153. The van der Waals surface area contributed by atoms with Crippen molar-refractivity contribution in [2.45, 2.75) is 63.7 Å². The first-order valence-corrected chi connectivity index (χ1v) is 11.1. The van der Waals surface area contributed by atoms with Gasteiger partial charge in [-0.05, 0) is 42.9 Å². The Hall–Kier alpha value is -1.84. The number of carbonyl (C=O) groups excluding carboxylic acids is 1. The van der Waals surface area contributed by atoms with E-state index in [1.807, 2.05) is 54.6 Å². The van der Waals surface area contributed by atoms with Gasteiger partial charge in [-0.2, -0.15) is 0 Å². The fourth-order valence-corrected chi connectivity index (χ4v) is 5.47. The van der Waals surface area contributed by atoms with Crippen molar-refractivity contribution in [1.29, 1.82) is 0 Å². The van der Waals surface area contributed by atoms with Crippen LogP contribution in [0.3, 0.4) is 0 Å². The number of nitrogens with one attached hydrogen (secondary N) is 1. The standard InChI is InChI=1S/C25H30ClNO2/c1-17-12-13-20-22(14-17)29-23(19-10-6-7-11-21(19)26)16-25(20,2)27-24(28)15-18-8-4-3-5-9-18/h3-11,17,20,22-23H,12-16H2,1-2H3,(H,27,28)/t17-,20-,22-,23-,25-/m0/s1. The van der Waals surface area contributed by atoms with Gasteiger partial charge in [0.25, 0.3) is 0 Å². The van der Waals surface area contributed by atoms with Crippen molar-refractivity contribution in [1.82, 2.24) is 5.32 Å². The number of halogens is 1. The van der Waals surface area contributed by atoms with E-state index in [2.05, 4.69) is 19.2 Å². The molecule has 2 aromatic carbocycles. The molecule has 1 saturated carbocycles. The third-order valence-electron chi connectivity index (χ3n) is 6.71. The molecule has 0 bridgehead atoms. The summed E-state index contributed by atoms with van der Waals surface area (Å²) < 4.78 is 6.59. The molecular weight excluding hydrogens is 382 g/mol. The Balaban J connectivity index is 1.58. The topological polar surface area (TPSA) is 38.3 Å². The third-order valence-corrected chi connectivity index (χ3v) is 7.05. The molecule has 4 rings (SSSR count). The van der Waals surface area contributed by atoms with Crippen LogP contribution >= 0.6 is 11.6 Å². The lowest BCUT2D eigenvalue weighted by atomic mass is 9.66. The molecule has 2 fully saturated rings. The maximum Gasteiger partial charge on any atom is 0.224 e. The van der Waals surface area contributed by atoms with Gasteiger partial charge < -0.3 is 10.1 Å². The van der Waals surface area contributed by atoms with Crippen molar-refractivity contribution in [3.8, 4) is 0 Å². The second-order valence-electron chi connectivity index (χ2n) is 9.04. The second kappa shape index (κ2) is 8.49. The monoisotopic (exact) mass is 411 g/mol. The summed E-state index contributed by atoms with van der Waals surface area (Å²) >= 11 is 6.50. The highest BCUT2D eigenvalue weighted by Crippen LogP contribution is 2.48. The van der Waals surface area contributed by atoms with Gasteiger partial charge >= 0.3 is 0 Å². The first-order valence-electron chi connectivity index (χ1n) is 10.7. The van der Waals surface area contributed by atoms with Crippen molar-refractivity contribution < 1.29 is 9.53 Å². The molecule has 0 aromatic heterocycles. The minimum Gasteiger partial charge on any atom is -0.370 e. The number of carbonyl (C=O) groups is 1. The van der Waals surface area contributed by atoms with Crippen molar-refractivity contribution in [2.75, 3.05) is 0 Å². The van der Waals surface area contributed by atoms with Gasteiger partial charge in [0.2, 0.25) is 5.91 Å². The van der Waals surface area contributed by atoms with Gasteiger partial charge in [0.15, 0.2) is 0 Å². The van der Waals surface area contributed by atoms with E-state index < -0.39 is 0 Å². The Morgan fingerprint density at radius 1 is 1.14 bits per heavy atom. The largest absolute Gasteiger partial charge is 0.370 e. The molecule has 1 aliphatic carbocycles. The molecule has 1 aliphatic heterocycles. The van der Waals surface area contributed by atoms with Crippen LogP contribution in [0.5, 0.6) is 0 Å². The van der Waals surface area contributed by atoms with Crippen molar-refractivity contribution in [3.05, 3.63) is 70.7 Å². The van der Waals surface area contributed by atoms with E-state index in [0.29, 0.717) is 18.3 Å². The van der Waals surface area contributed by atoms with Crippen molar-refractivity contribution in [3.63, 3.8) is 0 Å². The summed E-state index contributed by atoms with van der Waals surface area (Å²) in [7, 11) is 0. The number of hydrogen-bond donors (Lipinski definition) is 1. The molecule has 1 saturated heterocycles. The van der Waals surface area contributed by atoms with Crippen LogP contribution in [0.15, 0.2) is 54.6 Å². The third kappa shape index (κ3) is 4.51. The van der Waals surface area contributed by atoms with Crippen LogP contribution in [0, 0.1) is 11.8 Å². The van der Waals surface area contributed by atoms with E-state index >= 15 is 0 Å². The minimum absolute atomic E-state index is 0.0795. The summed E-state index contributed by atoms with van der Waals surface area (Å²) in [5, 5.41) is 4.15. The summed E-state index contributed by atoms with van der Waals surface area (Å²) in [5.41, 5.74) is 1.75. The van der Waals surface area contributed by atoms with E-state index in [1.165, 1.54) is 6.42 Å². The molecule has 0 radical (unpaired) electrons. The lowest BCUT2D eigenvalue weighted by Crippen LogP contribution is -2.60. The summed E-state index contributed by atoms with van der Waals surface area (Å²) in [4.78, 5) is 13.0. The first kappa shape index (κ1) is 20.4. The highest BCUT2D eigenvalue weighted by molar-refractivity contribution is 6.31. The van der Waals surface area contributed by atoms with Gasteiger partial charge in [-0.1, -0.05) is 73.5 Å². The van der Waals surface area contributed by atoms with Gasteiger partial charge in [-0.3, -0.25) is 4.79 Å². The Labute approximate surface area is 178 Å². The predicted octanol–water partition coefficient (Wildman–Crippen LogP) is 5.72. The van der Waals surface area contributed by atoms with Crippen LogP contribution in [0.25, 0.3) is 0 Å². The molecule has 2 aromatic rings. The number of hydrogen-bond acceptors (Lipinski definition) is 2. The maximum absolute atomic E-state index is 13.0. The van der Waals surface area contributed by atoms with Crippen LogP contribution in [0.2, 0.25) is 5.02 Å². The van der Waals surface area contributed by atoms with Gasteiger partial charge in [-0.25, -0.2) is 0 Å². The highest BCUT2D eigenvalue weighted by Gasteiger charge is 2.49. The quantitative estimate of drug-likeness (QED) is 0.698. The number of benzene rings is 2. The Kier molecular flexibility index (Phi) is 5.98. The molecule has 1 N–H and O–H groups in total. The molecule has 3 nitrogen and oxygen atoms in total. The zero-order valence-electron chi connectivity index (χ0n) is 17.2. The van der Waals surface area contributed by atoms with Gasteiger partial charge in [0, 0.05) is 22.9 Å². The lowest BCUT2D eigenvalue weighted by Gasteiger charge is -2.52. The number of ether oxygens (including phenoxy) is 1. The van der Waals surface area contributed by atoms with Crippen LogP contribution in [-0.2, 0) is 16.0 Å². The fraction of sp³-hybridized carbons (Fsp3) is 0.480. The zero-order valence-corrected chi connectivity index (χ0v) is 18.0. The fourth-order valence-electron chi connectivity index (χ4n) is 5.21. The normalized spacial score (nSPS) is 31.7. The van der Waals surface area contributed by atoms with Gasteiger partial charge in [-0.15, -0.1) is 0 Å². The summed E-state index contributed by atoms with van der Waals surface area (Å²) in [6.07, 6.45) is 4.51. The molecule has 2 aliphatic rings. The molecular formula is C25H30ClNO2. The smallest absolute Gasteiger partial charge is 0.224 e. The Bertz CT molecular complexity index is 855. The molecule has 0 spiro atoms. The van der Waals surface area contributed by atoms with Crippen molar-refractivity contribution in [2.24, 2.45) is 11.8 Å². The highest BCUT2D eigenvalue weighted by atomic mass is 35.5. The van der Waals surface area contributed by atoms with Crippen molar-refractivity contribution >= 4 is 17.5 Å². The van der Waals surface area contributed by atoms with Crippen LogP contribution in [0.1, 0.15) is 56.8 Å². The first-order chi connectivity index (χ1) is 13.9. The van der Waals surface area contributed by atoms with Crippen LogP contribution < -0.4 is 5.32 Å². The molecule has 5 atom stereocenters. The number of fused-ring (bicyclic) bond motifs is 1. The number of amides is 1. The number of rotatable bonds is 4. The molecule has 1 heterocycles. The summed E-state index contributed by atoms with van der Waals surface area (Å²) in [5.74, 6) is 1.05. The molecule has 1 amide bonds. The predicted molar refractivity (Wildman–Crippen MR) is 117 cm³/mol. The van der Waals surface area contributed by atoms with Crippen LogP contribution in [-0.4, -0.2) is 17.6 Å². The minimum atomic E-state index is -0.307. The summed E-state index contributed by atoms with van der Waals surface area (Å²) in [6.45, 7) is 4.50. The van der Waals surface area contributed by atoms with Gasteiger partial charge in [0.1, 0.15) is 0 Å². The average molecular weight is 412 g/mol. The molecule has 4 heteroatoms. The Morgan fingerprint density at radius 3 is 2.62 bits per heavy atom. The average Bonchev–Trinajstić information content (AvgIpc) is 2.68. The Morgan fingerprint density at radius 2 is 1.86 bits per heavy atom. The van der Waals surface area contributed by atoms with E-state index in [-0.39, 0.29) is 23.7 Å². The van der Waals surface area contributed by atoms with Crippen LogP contribution in [0.4, 0.5) is 0 Å². The molecule has 154 valence electrons.